The molecule has 3 rings (SSSR count). The molecule has 1 amide bonds. The van der Waals surface area contributed by atoms with Crippen molar-refractivity contribution >= 4 is 21.8 Å². The van der Waals surface area contributed by atoms with Crippen LogP contribution in [0.25, 0.3) is 0 Å². The van der Waals surface area contributed by atoms with Gasteiger partial charge in [0.1, 0.15) is 10.6 Å². The fraction of sp³-hybridized carbons (Fsp3) is 0.300. The molecule has 0 aliphatic carbocycles. The first kappa shape index (κ1) is 19.9. The number of benzene rings is 2. The van der Waals surface area contributed by atoms with Gasteiger partial charge in [0, 0.05) is 12.6 Å². The van der Waals surface area contributed by atoms with Crippen LogP contribution < -0.4 is 10.1 Å². The predicted octanol–water partition coefficient (Wildman–Crippen LogP) is 2.34. The number of nitrogens with one attached hydrogen (secondary N) is 1. The van der Waals surface area contributed by atoms with E-state index < -0.39 is 10.0 Å². The number of rotatable bonds is 6. The van der Waals surface area contributed by atoms with Crippen molar-refractivity contribution < 1.29 is 17.9 Å². The molecule has 28 heavy (non-hydrogen) atoms. The molecule has 8 heteroatoms. The number of likely N-dealkylation sites (N-methyl/N-ethyl adjacent to an activating group) is 1. The summed E-state index contributed by atoms with van der Waals surface area (Å²) in [5, 5.41) is 2.92. The van der Waals surface area contributed by atoms with E-state index in [0.717, 1.165) is 11.3 Å². The Labute approximate surface area is 165 Å². The minimum Gasteiger partial charge on any atom is -0.494 e. The van der Waals surface area contributed by atoms with Crippen LogP contribution >= 0.6 is 0 Å². The maximum atomic E-state index is 12.5. The van der Waals surface area contributed by atoms with Crippen molar-refractivity contribution in [2.75, 3.05) is 20.2 Å². The number of amidine groups is 1. The zero-order chi connectivity index (χ0) is 20.3. The molecule has 0 saturated carbocycles. The van der Waals surface area contributed by atoms with E-state index in [1.54, 1.807) is 30.1 Å². The van der Waals surface area contributed by atoms with Crippen molar-refractivity contribution in [3.63, 3.8) is 0 Å². The van der Waals surface area contributed by atoms with Crippen LogP contribution in [0.2, 0.25) is 0 Å². The molecular formula is C20H23N3O4S. The average molecular weight is 401 g/mol. The van der Waals surface area contributed by atoms with Crippen LogP contribution in [-0.2, 0) is 14.8 Å². The molecule has 1 aliphatic heterocycles. The van der Waals surface area contributed by atoms with Gasteiger partial charge in [-0.3, -0.25) is 4.79 Å². The zero-order valence-electron chi connectivity index (χ0n) is 16.0. The number of ether oxygens (including phenoxy) is 1. The number of amides is 1. The molecule has 0 radical (unpaired) electrons. The van der Waals surface area contributed by atoms with Gasteiger partial charge in [-0.05, 0) is 43.7 Å². The molecule has 0 spiro atoms. The molecule has 0 bridgehead atoms. The molecule has 1 aliphatic rings. The number of hydrogen-bond acceptors (Lipinski definition) is 5. The molecule has 2 aromatic carbocycles. The smallest absolute Gasteiger partial charge is 0.285 e. The summed E-state index contributed by atoms with van der Waals surface area (Å²) in [6.07, 6.45) is 0. The predicted molar refractivity (Wildman–Crippen MR) is 107 cm³/mol. The van der Waals surface area contributed by atoms with Crippen LogP contribution in [0.3, 0.4) is 0 Å². The van der Waals surface area contributed by atoms with E-state index in [0.29, 0.717) is 12.2 Å². The topological polar surface area (TPSA) is 88.1 Å². The van der Waals surface area contributed by atoms with Gasteiger partial charge in [0.15, 0.2) is 5.84 Å². The van der Waals surface area contributed by atoms with E-state index in [1.807, 2.05) is 38.1 Å². The molecule has 1 heterocycles. The maximum absolute atomic E-state index is 12.5. The Morgan fingerprint density at radius 2 is 1.96 bits per heavy atom. The van der Waals surface area contributed by atoms with E-state index in [-0.39, 0.29) is 29.2 Å². The van der Waals surface area contributed by atoms with Gasteiger partial charge in [-0.2, -0.15) is 8.42 Å². The molecular weight excluding hydrogens is 378 g/mol. The lowest BCUT2D eigenvalue weighted by Gasteiger charge is -2.21. The second-order valence-electron chi connectivity index (χ2n) is 6.54. The van der Waals surface area contributed by atoms with E-state index in [4.69, 9.17) is 4.74 Å². The Morgan fingerprint density at radius 3 is 2.71 bits per heavy atom. The quantitative estimate of drug-likeness (QED) is 0.803. The summed E-state index contributed by atoms with van der Waals surface area (Å²) < 4.78 is 33.7. The maximum Gasteiger partial charge on any atom is 0.285 e. The highest BCUT2D eigenvalue weighted by molar-refractivity contribution is 7.90. The SMILES string of the molecule is CCOc1cccc(C(C)NC(=O)CN(C)C2=NS(=O)(=O)c3ccccc32)c1. The second-order valence-corrected chi connectivity index (χ2v) is 8.11. The molecule has 0 aromatic heterocycles. The minimum atomic E-state index is -3.71. The Balaban J connectivity index is 1.68. The third-order valence-corrected chi connectivity index (χ3v) is 5.73. The summed E-state index contributed by atoms with van der Waals surface area (Å²) in [4.78, 5) is 14.2. The fourth-order valence-electron chi connectivity index (χ4n) is 3.06. The Morgan fingerprint density at radius 1 is 1.21 bits per heavy atom. The summed E-state index contributed by atoms with van der Waals surface area (Å²) in [6.45, 7) is 4.35. The van der Waals surface area contributed by atoms with Crippen molar-refractivity contribution in [2.24, 2.45) is 4.40 Å². The van der Waals surface area contributed by atoms with Gasteiger partial charge in [0.2, 0.25) is 5.91 Å². The standard InChI is InChI=1S/C20H23N3O4S/c1-4-27-16-9-7-8-15(12-16)14(2)21-19(24)13-23(3)20-17-10-5-6-11-18(17)28(25,26)22-20/h5-12,14H,4,13H2,1-3H3,(H,21,24). The molecule has 0 fully saturated rings. The van der Waals surface area contributed by atoms with Gasteiger partial charge >= 0.3 is 0 Å². The normalized spacial score (nSPS) is 15.3. The highest BCUT2D eigenvalue weighted by atomic mass is 32.2. The first-order valence-corrected chi connectivity index (χ1v) is 10.4. The van der Waals surface area contributed by atoms with Gasteiger partial charge in [-0.1, -0.05) is 24.3 Å². The number of fused-ring (bicyclic) bond motifs is 1. The van der Waals surface area contributed by atoms with Gasteiger partial charge < -0.3 is 15.0 Å². The molecule has 1 atom stereocenters. The summed E-state index contributed by atoms with van der Waals surface area (Å²) in [6, 6.07) is 13.9. The van der Waals surface area contributed by atoms with Crippen LogP contribution in [0.1, 0.15) is 31.0 Å². The molecule has 7 nitrogen and oxygen atoms in total. The van der Waals surface area contributed by atoms with Crippen LogP contribution in [0, 0.1) is 0 Å². The number of nitrogens with zero attached hydrogens (tertiary/aromatic N) is 2. The van der Waals surface area contributed by atoms with Crippen LogP contribution in [-0.4, -0.2) is 45.3 Å². The Kier molecular flexibility index (Phi) is 5.69. The van der Waals surface area contributed by atoms with Crippen molar-refractivity contribution in [1.29, 1.82) is 0 Å². The lowest BCUT2D eigenvalue weighted by molar-refractivity contribution is -0.121. The van der Waals surface area contributed by atoms with Crippen LogP contribution in [0.15, 0.2) is 57.8 Å². The average Bonchev–Trinajstić information content (AvgIpc) is 2.94. The van der Waals surface area contributed by atoms with Crippen molar-refractivity contribution in [1.82, 2.24) is 10.2 Å². The second kappa shape index (κ2) is 8.02. The van der Waals surface area contributed by atoms with Crippen LogP contribution in [0.4, 0.5) is 0 Å². The number of hydrogen-bond donors (Lipinski definition) is 1. The Hall–Kier alpha value is -2.87. The van der Waals surface area contributed by atoms with E-state index in [2.05, 4.69) is 9.71 Å². The van der Waals surface area contributed by atoms with Gasteiger partial charge in [0.05, 0.1) is 19.2 Å². The minimum absolute atomic E-state index is 0.0157. The summed E-state index contributed by atoms with van der Waals surface area (Å²) in [7, 11) is -2.06. The lowest BCUT2D eigenvalue weighted by Crippen LogP contribution is -2.39. The number of carbonyl (C=O) groups excluding carboxylic acids is 1. The van der Waals surface area contributed by atoms with E-state index in [9.17, 15) is 13.2 Å². The molecule has 1 N–H and O–H groups in total. The third kappa shape index (κ3) is 4.17. The fourth-order valence-corrected chi connectivity index (χ4v) is 4.32. The zero-order valence-corrected chi connectivity index (χ0v) is 16.9. The van der Waals surface area contributed by atoms with Crippen molar-refractivity contribution in [2.45, 2.75) is 24.8 Å². The number of sulfonamides is 1. The third-order valence-electron chi connectivity index (χ3n) is 4.40. The van der Waals surface area contributed by atoms with Gasteiger partial charge in [-0.25, -0.2) is 0 Å². The highest BCUT2D eigenvalue weighted by Gasteiger charge is 2.31. The highest BCUT2D eigenvalue weighted by Crippen LogP contribution is 2.27. The molecule has 148 valence electrons. The molecule has 1 unspecified atom stereocenters. The van der Waals surface area contributed by atoms with Gasteiger partial charge in [0.25, 0.3) is 10.0 Å². The molecule has 0 saturated heterocycles. The summed E-state index contributed by atoms with van der Waals surface area (Å²) in [5.74, 6) is 0.790. The lowest BCUT2D eigenvalue weighted by atomic mass is 10.1. The van der Waals surface area contributed by atoms with Crippen molar-refractivity contribution in [3.05, 3.63) is 59.7 Å². The van der Waals surface area contributed by atoms with Crippen molar-refractivity contribution in [3.8, 4) is 5.75 Å². The number of carbonyl (C=O) groups is 1. The molecule has 2 aromatic rings. The monoisotopic (exact) mass is 401 g/mol. The summed E-state index contributed by atoms with van der Waals surface area (Å²) >= 11 is 0. The van der Waals surface area contributed by atoms with Crippen LogP contribution in [0.5, 0.6) is 5.75 Å². The largest absolute Gasteiger partial charge is 0.494 e. The van der Waals surface area contributed by atoms with E-state index >= 15 is 0 Å². The Bertz CT molecular complexity index is 1020. The van der Waals surface area contributed by atoms with Gasteiger partial charge in [-0.15, -0.1) is 4.40 Å². The first-order valence-electron chi connectivity index (χ1n) is 8.99. The summed E-state index contributed by atoms with van der Waals surface area (Å²) in [5.41, 5.74) is 1.43. The first-order chi connectivity index (χ1) is 13.3. The van der Waals surface area contributed by atoms with E-state index in [1.165, 1.54) is 6.07 Å².